The third-order valence-electron chi connectivity index (χ3n) is 5.13. The summed E-state index contributed by atoms with van der Waals surface area (Å²) in [6.45, 7) is 11.4. The Kier molecular flexibility index (Phi) is 5.46. The normalized spacial score (nSPS) is 11.7. The first kappa shape index (κ1) is 18.6. The highest BCUT2D eigenvalue weighted by Gasteiger charge is 2.20. The molecule has 0 aliphatic carbocycles. The largest absolute Gasteiger partial charge is 0.213 e. The van der Waals surface area contributed by atoms with Crippen molar-refractivity contribution in [1.29, 1.82) is 0 Å². The maximum absolute atomic E-state index is 2.41. The average Bonchev–Trinajstić information content (AvgIpc) is 2.57. The van der Waals surface area contributed by atoms with Gasteiger partial charge in [0.05, 0.1) is 0 Å². The lowest BCUT2D eigenvalue weighted by molar-refractivity contribution is -0.633. The van der Waals surface area contributed by atoms with Gasteiger partial charge in [-0.2, -0.15) is 4.57 Å². The van der Waals surface area contributed by atoms with E-state index in [4.69, 9.17) is 0 Å². The third kappa shape index (κ3) is 3.82. The SMILES string of the molecule is Cc1ccccc1-c1cc(CC(C)C)c2ccc(CC(C)C)cc2[n+]1C. The molecule has 3 rings (SSSR count). The highest BCUT2D eigenvalue weighted by atomic mass is 14.9. The van der Waals surface area contributed by atoms with Crippen LogP contribution in [0.25, 0.3) is 22.2 Å². The van der Waals surface area contributed by atoms with E-state index in [-0.39, 0.29) is 0 Å². The number of nitrogens with zero attached hydrogens (tertiary/aromatic N) is 1. The van der Waals surface area contributed by atoms with Crippen LogP contribution in [0.3, 0.4) is 0 Å². The molecule has 1 aromatic heterocycles. The fourth-order valence-corrected chi connectivity index (χ4v) is 3.92. The van der Waals surface area contributed by atoms with Crippen LogP contribution < -0.4 is 4.57 Å². The quantitative estimate of drug-likeness (QED) is 0.496. The first-order chi connectivity index (χ1) is 12.4. The van der Waals surface area contributed by atoms with Gasteiger partial charge >= 0.3 is 0 Å². The van der Waals surface area contributed by atoms with Gasteiger partial charge in [0.25, 0.3) is 0 Å². The number of aromatic nitrogens is 1. The Morgan fingerprint density at radius 3 is 2.19 bits per heavy atom. The molecule has 1 nitrogen and oxygen atoms in total. The Balaban J connectivity index is 2.27. The predicted octanol–water partition coefficient (Wildman–Crippen LogP) is 6.04. The molecule has 1 heteroatoms. The summed E-state index contributed by atoms with van der Waals surface area (Å²) < 4.78 is 2.38. The van der Waals surface area contributed by atoms with Gasteiger partial charge in [0.15, 0.2) is 0 Å². The van der Waals surface area contributed by atoms with Gasteiger partial charge in [0.1, 0.15) is 7.05 Å². The van der Waals surface area contributed by atoms with E-state index in [1.54, 1.807) is 0 Å². The predicted molar refractivity (Wildman–Crippen MR) is 112 cm³/mol. The van der Waals surface area contributed by atoms with Gasteiger partial charge in [0.2, 0.25) is 11.2 Å². The summed E-state index contributed by atoms with van der Waals surface area (Å²) in [4.78, 5) is 0. The summed E-state index contributed by atoms with van der Waals surface area (Å²) in [5, 5.41) is 1.39. The molecular weight excluding hydrogens is 314 g/mol. The molecule has 0 atom stereocenters. The molecule has 0 amide bonds. The van der Waals surface area contributed by atoms with Crippen LogP contribution in [0.2, 0.25) is 0 Å². The topological polar surface area (TPSA) is 3.88 Å². The Morgan fingerprint density at radius 2 is 1.54 bits per heavy atom. The Hall–Kier alpha value is -2.15. The molecule has 2 aromatic carbocycles. The van der Waals surface area contributed by atoms with Gasteiger partial charge in [0, 0.05) is 23.1 Å². The van der Waals surface area contributed by atoms with Gasteiger partial charge in [-0.15, -0.1) is 0 Å². The standard InChI is InChI=1S/C25H32N/c1-17(2)13-20-11-12-23-21(14-18(3)4)16-25(26(6)24(23)15-20)22-10-8-7-9-19(22)5/h7-12,15-18H,13-14H2,1-6H3/q+1. The second kappa shape index (κ2) is 7.61. The fourth-order valence-electron chi connectivity index (χ4n) is 3.92. The van der Waals surface area contributed by atoms with Crippen molar-refractivity contribution in [2.24, 2.45) is 18.9 Å². The second-order valence-electron chi connectivity index (χ2n) is 8.48. The molecule has 0 aliphatic heterocycles. The van der Waals surface area contributed by atoms with E-state index < -0.39 is 0 Å². The summed E-state index contributed by atoms with van der Waals surface area (Å²) in [7, 11) is 2.21. The number of hydrogen-bond donors (Lipinski definition) is 0. The van der Waals surface area contributed by atoms with E-state index in [0.717, 1.165) is 12.8 Å². The minimum Gasteiger partial charge on any atom is -0.194 e. The molecule has 0 N–H and O–H groups in total. The van der Waals surface area contributed by atoms with Crippen molar-refractivity contribution in [3.05, 3.63) is 65.2 Å². The molecule has 0 saturated carbocycles. The molecule has 0 aliphatic rings. The van der Waals surface area contributed by atoms with Crippen LogP contribution in [0.4, 0.5) is 0 Å². The first-order valence-corrected chi connectivity index (χ1v) is 9.87. The fraction of sp³-hybridized carbons (Fsp3) is 0.400. The second-order valence-corrected chi connectivity index (χ2v) is 8.48. The summed E-state index contributed by atoms with van der Waals surface area (Å²) in [6, 6.07) is 18.2. The monoisotopic (exact) mass is 346 g/mol. The number of rotatable bonds is 5. The molecule has 0 saturated heterocycles. The van der Waals surface area contributed by atoms with Gasteiger partial charge in [-0.25, -0.2) is 0 Å². The van der Waals surface area contributed by atoms with Crippen LogP contribution in [0.1, 0.15) is 44.4 Å². The maximum atomic E-state index is 2.41. The molecular formula is C25H32N+. The van der Waals surface area contributed by atoms with Crippen molar-refractivity contribution in [2.45, 2.75) is 47.5 Å². The Bertz CT molecular complexity index is 919. The van der Waals surface area contributed by atoms with Crippen LogP contribution in [0.15, 0.2) is 48.5 Å². The lowest BCUT2D eigenvalue weighted by Crippen LogP contribution is -2.33. The highest BCUT2D eigenvalue weighted by molar-refractivity contribution is 5.82. The van der Waals surface area contributed by atoms with Crippen molar-refractivity contribution in [3.8, 4) is 11.3 Å². The van der Waals surface area contributed by atoms with Crippen LogP contribution in [0, 0.1) is 18.8 Å². The average molecular weight is 347 g/mol. The van der Waals surface area contributed by atoms with Crippen LogP contribution in [-0.2, 0) is 19.9 Å². The number of hydrogen-bond acceptors (Lipinski definition) is 0. The molecule has 0 spiro atoms. The van der Waals surface area contributed by atoms with Gasteiger partial charge in [-0.05, 0) is 60.4 Å². The summed E-state index contributed by atoms with van der Waals surface area (Å²) >= 11 is 0. The van der Waals surface area contributed by atoms with Gasteiger partial charge in [-0.3, -0.25) is 0 Å². The molecule has 1 heterocycles. The van der Waals surface area contributed by atoms with Gasteiger partial charge < -0.3 is 0 Å². The van der Waals surface area contributed by atoms with Crippen molar-refractivity contribution in [1.82, 2.24) is 0 Å². The first-order valence-electron chi connectivity index (χ1n) is 9.87. The zero-order valence-corrected chi connectivity index (χ0v) is 17.1. The van der Waals surface area contributed by atoms with E-state index in [1.165, 1.54) is 38.9 Å². The molecule has 0 fully saturated rings. The summed E-state index contributed by atoms with van der Waals surface area (Å²) in [6.07, 6.45) is 2.24. The highest BCUT2D eigenvalue weighted by Crippen LogP contribution is 2.28. The van der Waals surface area contributed by atoms with Crippen molar-refractivity contribution < 1.29 is 4.57 Å². The summed E-state index contributed by atoms with van der Waals surface area (Å²) in [5.74, 6) is 1.32. The van der Waals surface area contributed by atoms with E-state index >= 15 is 0 Å². The van der Waals surface area contributed by atoms with E-state index in [0.29, 0.717) is 11.8 Å². The smallest absolute Gasteiger partial charge is 0.194 e. The molecule has 0 unspecified atom stereocenters. The molecule has 136 valence electrons. The maximum Gasteiger partial charge on any atom is 0.213 e. The molecule has 0 radical (unpaired) electrons. The Labute approximate surface area is 158 Å². The van der Waals surface area contributed by atoms with E-state index in [1.807, 2.05) is 0 Å². The lowest BCUT2D eigenvalue weighted by atomic mass is 9.93. The molecule has 3 aromatic rings. The van der Waals surface area contributed by atoms with Crippen molar-refractivity contribution >= 4 is 10.9 Å². The summed E-state index contributed by atoms with van der Waals surface area (Å²) in [5.41, 5.74) is 8.21. The van der Waals surface area contributed by atoms with Crippen LogP contribution in [0.5, 0.6) is 0 Å². The Morgan fingerprint density at radius 1 is 0.846 bits per heavy atom. The molecule has 0 bridgehead atoms. The van der Waals surface area contributed by atoms with Gasteiger partial charge in [-0.1, -0.05) is 52.0 Å². The van der Waals surface area contributed by atoms with Crippen LogP contribution >= 0.6 is 0 Å². The molecule has 26 heavy (non-hydrogen) atoms. The van der Waals surface area contributed by atoms with E-state index in [9.17, 15) is 0 Å². The zero-order valence-electron chi connectivity index (χ0n) is 17.1. The lowest BCUT2D eigenvalue weighted by Gasteiger charge is -2.14. The van der Waals surface area contributed by atoms with E-state index in [2.05, 4.69) is 94.8 Å². The third-order valence-corrected chi connectivity index (χ3v) is 5.13. The number of benzene rings is 2. The minimum atomic E-state index is 0.644. The number of pyridine rings is 1. The minimum absolute atomic E-state index is 0.644. The van der Waals surface area contributed by atoms with Crippen LogP contribution in [-0.4, -0.2) is 0 Å². The number of aryl methyl sites for hydroxylation is 2. The van der Waals surface area contributed by atoms with Crippen molar-refractivity contribution in [2.75, 3.05) is 0 Å². The van der Waals surface area contributed by atoms with Crippen molar-refractivity contribution in [3.63, 3.8) is 0 Å². The zero-order chi connectivity index (χ0) is 18.8. The number of fused-ring (bicyclic) bond motifs is 1.